The molecule has 1 heteroatoms. The second-order valence-electron chi connectivity index (χ2n) is 3.63. The Balaban J connectivity index is 2.82. The van der Waals surface area contributed by atoms with Gasteiger partial charge < -0.3 is 0 Å². The molecule has 72 valence electrons. The minimum Gasteiger partial charge on any atom is -0.118 e. The van der Waals surface area contributed by atoms with Crippen LogP contribution in [0.2, 0.25) is 0 Å². The van der Waals surface area contributed by atoms with E-state index in [-0.39, 0.29) is 5.38 Å². The second kappa shape index (κ2) is 3.62. The predicted octanol–water partition coefficient (Wildman–Crippen LogP) is 4.45. The van der Waals surface area contributed by atoms with Gasteiger partial charge in [0.15, 0.2) is 0 Å². The van der Waals surface area contributed by atoms with Gasteiger partial charge >= 0.3 is 0 Å². The second-order valence-corrected chi connectivity index (χ2v) is 4.29. The van der Waals surface area contributed by atoms with Gasteiger partial charge in [0.25, 0.3) is 0 Å². The van der Waals surface area contributed by atoms with Gasteiger partial charge in [-0.1, -0.05) is 36.4 Å². The zero-order valence-corrected chi connectivity index (χ0v) is 9.18. The van der Waals surface area contributed by atoms with E-state index in [1.807, 2.05) is 6.92 Å². The lowest BCUT2D eigenvalue weighted by Crippen LogP contribution is -1.88. The molecule has 0 aromatic heterocycles. The van der Waals surface area contributed by atoms with Gasteiger partial charge in [-0.15, -0.1) is 11.6 Å². The van der Waals surface area contributed by atoms with Crippen molar-refractivity contribution in [3.63, 3.8) is 0 Å². The zero-order chi connectivity index (χ0) is 10.1. The maximum Gasteiger partial charge on any atom is 0.0563 e. The molecule has 0 N–H and O–H groups in total. The molecule has 0 aliphatic heterocycles. The van der Waals surface area contributed by atoms with Crippen LogP contribution in [-0.4, -0.2) is 0 Å². The van der Waals surface area contributed by atoms with E-state index in [0.29, 0.717) is 0 Å². The van der Waals surface area contributed by atoms with Gasteiger partial charge in [0.05, 0.1) is 5.38 Å². The summed E-state index contributed by atoms with van der Waals surface area (Å²) in [4.78, 5) is 0. The van der Waals surface area contributed by atoms with Crippen molar-refractivity contribution in [1.29, 1.82) is 0 Å². The van der Waals surface area contributed by atoms with Crippen LogP contribution in [-0.2, 0) is 0 Å². The molecular formula is C13H13Cl. The first-order chi connectivity index (χ1) is 6.70. The number of alkyl halides is 1. The minimum absolute atomic E-state index is 0.0699. The molecule has 2 aromatic carbocycles. The third-order valence-electron chi connectivity index (χ3n) is 2.60. The Kier molecular flexibility index (Phi) is 2.47. The predicted molar refractivity (Wildman–Crippen MR) is 63.0 cm³/mol. The number of benzene rings is 2. The molecule has 2 aromatic rings. The van der Waals surface area contributed by atoms with E-state index in [9.17, 15) is 0 Å². The monoisotopic (exact) mass is 204 g/mol. The Morgan fingerprint density at radius 3 is 2.29 bits per heavy atom. The Hall–Kier alpha value is -1.01. The van der Waals surface area contributed by atoms with Crippen molar-refractivity contribution < 1.29 is 0 Å². The molecule has 0 spiro atoms. The van der Waals surface area contributed by atoms with Crippen LogP contribution in [0.1, 0.15) is 23.4 Å². The highest BCUT2D eigenvalue weighted by atomic mass is 35.5. The van der Waals surface area contributed by atoms with Crippen molar-refractivity contribution in [2.45, 2.75) is 19.2 Å². The van der Waals surface area contributed by atoms with Crippen LogP contribution in [0.25, 0.3) is 10.8 Å². The molecule has 0 amide bonds. The molecule has 0 nitrogen and oxygen atoms in total. The molecule has 0 fully saturated rings. The summed E-state index contributed by atoms with van der Waals surface area (Å²) in [7, 11) is 0. The van der Waals surface area contributed by atoms with Gasteiger partial charge in [0.1, 0.15) is 0 Å². The Morgan fingerprint density at radius 2 is 1.64 bits per heavy atom. The van der Waals surface area contributed by atoms with Crippen molar-refractivity contribution in [3.05, 3.63) is 47.5 Å². The quantitative estimate of drug-likeness (QED) is 0.603. The summed E-state index contributed by atoms with van der Waals surface area (Å²) < 4.78 is 0. The summed E-state index contributed by atoms with van der Waals surface area (Å²) in [5.74, 6) is 0. The van der Waals surface area contributed by atoms with E-state index in [2.05, 4.69) is 43.3 Å². The number of fused-ring (bicyclic) bond motifs is 1. The molecule has 0 aliphatic carbocycles. The van der Waals surface area contributed by atoms with Crippen molar-refractivity contribution in [2.75, 3.05) is 0 Å². The molecule has 0 saturated carbocycles. The van der Waals surface area contributed by atoms with Crippen LogP contribution in [0.4, 0.5) is 0 Å². The lowest BCUT2D eigenvalue weighted by atomic mass is 9.99. The van der Waals surface area contributed by atoms with E-state index in [4.69, 9.17) is 11.6 Å². The number of halogens is 1. The lowest BCUT2D eigenvalue weighted by molar-refractivity contribution is 1.10. The van der Waals surface area contributed by atoms with Crippen molar-refractivity contribution in [1.82, 2.24) is 0 Å². The van der Waals surface area contributed by atoms with Crippen LogP contribution in [0.15, 0.2) is 36.4 Å². The first-order valence-electron chi connectivity index (χ1n) is 4.82. The molecule has 14 heavy (non-hydrogen) atoms. The maximum absolute atomic E-state index is 6.13. The van der Waals surface area contributed by atoms with Crippen LogP contribution in [0.5, 0.6) is 0 Å². The van der Waals surface area contributed by atoms with E-state index in [0.717, 1.165) is 0 Å². The fourth-order valence-corrected chi connectivity index (χ4v) is 2.01. The summed E-state index contributed by atoms with van der Waals surface area (Å²) in [6, 6.07) is 12.7. The topological polar surface area (TPSA) is 0 Å². The van der Waals surface area contributed by atoms with Crippen LogP contribution >= 0.6 is 11.6 Å². The smallest absolute Gasteiger partial charge is 0.0563 e. The highest BCUT2D eigenvalue weighted by molar-refractivity contribution is 6.21. The van der Waals surface area contributed by atoms with Crippen LogP contribution in [0.3, 0.4) is 0 Å². The highest BCUT2D eigenvalue weighted by Gasteiger charge is 2.06. The molecule has 0 radical (unpaired) electrons. The third-order valence-corrected chi connectivity index (χ3v) is 2.84. The normalized spacial score (nSPS) is 13.1. The summed E-state index contributed by atoms with van der Waals surface area (Å²) in [6.45, 7) is 4.14. The fourth-order valence-electron chi connectivity index (χ4n) is 1.82. The molecule has 1 unspecified atom stereocenters. The van der Waals surface area contributed by atoms with E-state index in [1.165, 1.54) is 21.9 Å². The summed E-state index contributed by atoms with van der Waals surface area (Å²) in [5.41, 5.74) is 2.52. The van der Waals surface area contributed by atoms with Crippen LogP contribution < -0.4 is 0 Å². The maximum atomic E-state index is 6.13. The molecule has 0 bridgehead atoms. The van der Waals surface area contributed by atoms with Crippen molar-refractivity contribution in [3.8, 4) is 0 Å². The summed E-state index contributed by atoms with van der Waals surface area (Å²) in [5, 5.41) is 2.65. The average molecular weight is 205 g/mol. The highest BCUT2D eigenvalue weighted by Crippen LogP contribution is 2.29. The van der Waals surface area contributed by atoms with Gasteiger partial charge in [0, 0.05) is 0 Å². The van der Waals surface area contributed by atoms with Crippen LogP contribution in [0, 0.1) is 6.92 Å². The molecule has 0 saturated heterocycles. The van der Waals surface area contributed by atoms with Gasteiger partial charge in [-0.3, -0.25) is 0 Å². The molecular weight excluding hydrogens is 192 g/mol. The van der Waals surface area contributed by atoms with Crippen molar-refractivity contribution in [2.24, 2.45) is 0 Å². The minimum atomic E-state index is 0.0699. The lowest BCUT2D eigenvalue weighted by Gasteiger charge is -2.10. The number of hydrogen-bond donors (Lipinski definition) is 0. The largest absolute Gasteiger partial charge is 0.118 e. The van der Waals surface area contributed by atoms with E-state index in [1.54, 1.807) is 0 Å². The Labute approximate surface area is 89.5 Å². The number of rotatable bonds is 1. The van der Waals surface area contributed by atoms with Gasteiger partial charge in [0.2, 0.25) is 0 Å². The fraction of sp³-hybridized carbons (Fsp3) is 0.231. The van der Waals surface area contributed by atoms with Crippen molar-refractivity contribution >= 4 is 22.4 Å². The zero-order valence-electron chi connectivity index (χ0n) is 8.42. The van der Waals surface area contributed by atoms with E-state index >= 15 is 0 Å². The average Bonchev–Trinajstić information content (AvgIpc) is 2.18. The number of hydrogen-bond acceptors (Lipinski definition) is 0. The van der Waals surface area contributed by atoms with Gasteiger partial charge in [-0.05, 0) is 35.7 Å². The Bertz CT molecular complexity index is 458. The summed E-state index contributed by atoms with van der Waals surface area (Å²) >= 11 is 6.13. The first-order valence-corrected chi connectivity index (χ1v) is 5.26. The molecule has 0 heterocycles. The third kappa shape index (κ3) is 1.51. The van der Waals surface area contributed by atoms with Gasteiger partial charge in [-0.25, -0.2) is 0 Å². The molecule has 2 rings (SSSR count). The number of aryl methyl sites for hydroxylation is 1. The molecule has 1 atom stereocenters. The SMILES string of the molecule is Cc1ccc(C(C)Cl)c2ccccc12. The standard InChI is InChI=1S/C13H13Cl/c1-9-7-8-12(10(2)14)13-6-4-3-5-11(9)13/h3-8,10H,1-2H3. The summed E-state index contributed by atoms with van der Waals surface area (Å²) in [6.07, 6.45) is 0. The molecule has 0 aliphatic rings. The van der Waals surface area contributed by atoms with E-state index < -0.39 is 0 Å². The van der Waals surface area contributed by atoms with Gasteiger partial charge in [-0.2, -0.15) is 0 Å². The first kappa shape index (κ1) is 9.54. The Morgan fingerprint density at radius 1 is 1.00 bits per heavy atom.